The number of nitrogens with zero attached hydrogens (tertiary/aromatic N) is 6. The van der Waals surface area contributed by atoms with Crippen LogP contribution in [-0.4, -0.2) is 56.5 Å². The van der Waals surface area contributed by atoms with Gasteiger partial charge in [0.1, 0.15) is 17.3 Å². The van der Waals surface area contributed by atoms with Crippen LogP contribution in [0.25, 0.3) is 10.2 Å². The normalized spacial score (nSPS) is 14.3. The van der Waals surface area contributed by atoms with Crippen molar-refractivity contribution >= 4 is 33.3 Å². The van der Waals surface area contributed by atoms with Gasteiger partial charge in [-0.3, -0.25) is 4.79 Å². The molecule has 0 aliphatic carbocycles. The van der Waals surface area contributed by atoms with Crippen LogP contribution >= 0.6 is 11.3 Å². The van der Waals surface area contributed by atoms with Crippen LogP contribution < -0.4 is 15.0 Å². The molecule has 9 nitrogen and oxygen atoms in total. The number of rotatable bonds is 7. The van der Waals surface area contributed by atoms with Gasteiger partial charge in [0, 0.05) is 18.0 Å². The van der Waals surface area contributed by atoms with Gasteiger partial charge in [0.05, 0.1) is 18.5 Å². The molecule has 0 aromatic carbocycles. The van der Waals surface area contributed by atoms with E-state index in [9.17, 15) is 31.1 Å². The molecule has 0 spiro atoms. The lowest BCUT2D eigenvalue weighted by molar-refractivity contribution is -0.173. The number of fused-ring (bicyclic) bond motifs is 2. The summed E-state index contributed by atoms with van der Waals surface area (Å²) in [4.78, 5) is 22.9. The number of aromatic nitrogens is 5. The van der Waals surface area contributed by atoms with Crippen LogP contribution in [0.1, 0.15) is 29.9 Å². The Labute approximate surface area is 198 Å². The maximum atomic E-state index is 13.2. The Hall–Kier alpha value is -3.17. The molecule has 3 aromatic heterocycles. The van der Waals surface area contributed by atoms with Crippen LogP contribution in [0.5, 0.6) is 6.01 Å². The summed E-state index contributed by atoms with van der Waals surface area (Å²) in [5, 5.41) is 9.33. The highest BCUT2D eigenvalue weighted by Crippen LogP contribution is 2.35. The molecule has 1 amide bonds. The summed E-state index contributed by atoms with van der Waals surface area (Å²) in [5.74, 6) is -2.62. The van der Waals surface area contributed by atoms with Gasteiger partial charge in [-0.25, -0.2) is 0 Å². The van der Waals surface area contributed by atoms with E-state index in [0.717, 1.165) is 22.3 Å². The van der Waals surface area contributed by atoms with Crippen LogP contribution in [0.3, 0.4) is 0 Å². The summed E-state index contributed by atoms with van der Waals surface area (Å²) in [5.41, 5.74) is 0. The zero-order valence-corrected chi connectivity index (χ0v) is 19.0. The van der Waals surface area contributed by atoms with Crippen molar-refractivity contribution in [3.05, 3.63) is 22.6 Å². The molecule has 0 atom stereocenters. The maximum Gasteiger partial charge on any atom is 0.471 e. The SMILES string of the molecule is CCCc1cc2c(N3CCn4c(nnc4C(F)(F)F)C3)nc(OCCNC(=O)C(F)(F)F)nc2s1. The first-order valence-electron chi connectivity index (χ1n) is 10.5. The summed E-state index contributed by atoms with van der Waals surface area (Å²) in [6.07, 6.45) is -7.97. The quantitative estimate of drug-likeness (QED) is 0.375. The molecule has 0 saturated heterocycles. The topological polar surface area (TPSA) is 98.1 Å². The minimum Gasteiger partial charge on any atom is -0.462 e. The van der Waals surface area contributed by atoms with Crippen molar-refractivity contribution in [2.75, 3.05) is 24.6 Å². The summed E-state index contributed by atoms with van der Waals surface area (Å²) in [6.45, 7) is 1.44. The Morgan fingerprint density at radius 2 is 1.94 bits per heavy atom. The van der Waals surface area contributed by atoms with E-state index >= 15 is 0 Å². The number of thiophene rings is 1. The van der Waals surface area contributed by atoms with E-state index in [0.29, 0.717) is 16.0 Å². The molecule has 1 aliphatic rings. The van der Waals surface area contributed by atoms with Crippen molar-refractivity contribution in [3.8, 4) is 6.01 Å². The first kappa shape index (κ1) is 24.9. The number of carbonyl (C=O) groups is 1. The molecule has 0 unspecified atom stereocenters. The van der Waals surface area contributed by atoms with Gasteiger partial charge < -0.3 is 19.5 Å². The fraction of sp³-hybridized carbons (Fsp3) is 0.526. The molecule has 0 radical (unpaired) electrons. The van der Waals surface area contributed by atoms with Gasteiger partial charge in [-0.1, -0.05) is 13.3 Å². The second kappa shape index (κ2) is 9.47. The molecule has 0 saturated carbocycles. The van der Waals surface area contributed by atoms with E-state index in [2.05, 4.69) is 20.2 Å². The Morgan fingerprint density at radius 3 is 2.63 bits per heavy atom. The molecule has 0 fully saturated rings. The summed E-state index contributed by atoms with van der Waals surface area (Å²) >= 11 is 1.40. The first-order chi connectivity index (χ1) is 16.5. The van der Waals surface area contributed by atoms with E-state index in [1.807, 2.05) is 13.0 Å². The van der Waals surface area contributed by atoms with Gasteiger partial charge in [0.15, 0.2) is 5.82 Å². The fourth-order valence-corrected chi connectivity index (χ4v) is 4.68. The smallest absolute Gasteiger partial charge is 0.462 e. The molecule has 3 aromatic rings. The number of aryl methyl sites for hydroxylation is 1. The largest absolute Gasteiger partial charge is 0.471 e. The van der Waals surface area contributed by atoms with Crippen molar-refractivity contribution in [3.63, 3.8) is 0 Å². The first-order valence-corrected chi connectivity index (χ1v) is 11.3. The molecule has 190 valence electrons. The van der Waals surface area contributed by atoms with E-state index in [1.165, 1.54) is 11.3 Å². The number of nitrogens with one attached hydrogen (secondary N) is 1. The Balaban J connectivity index is 1.57. The van der Waals surface area contributed by atoms with Gasteiger partial charge in [-0.05, 0) is 12.5 Å². The molecule has 1 aliphatic heterocycles. The number of ether oxygens (including phenoxy) is 1. The van der Waals surface area contributed by atoms with Crippen molar-refractivity contribution in [1.29, 1.82) is 0 Å². The van der Waals surface area contributed by atoms with E-state index in [4.69, 9.17) is 4.74 Å². The maximum absolute atomic E-state index is 13.2. The average molecular weight is 523 g/mol. The zero-order valence-electron chi connectivity index (χ0n) is 18.2. The molecule has 35 heavy (non-hydrogen) atoms. The van der Waals surface area contributed by atoms with Crippen LogP contribution in [0.2, 0.25) is 0 Å². The lowest BCUT2D eigenvalue weighted by Gasteiger charge is -2.29. The highest BCUT2D eigenvalue weighted by molar-refractivity contribution is 7.18. The molecular weight excluding hydrogens is 504 g/mol. The number of anilines is 1. The Morgan fingerprint density at radius 1 is 1.17 bits per heavy atom. The van der Waals surface area contributed by atoms with Crippen molar-refractivity contribution in [2.45, 2.75) is 45.2 Å². The number of hydrogen-bond acceptors (Lipinski definition) is 8. The van der Waals surface area contributed by atoms with Gasteiger partial charge in [0.2, 0.25) is 5.82 Å². The third-order valence-electron chi connectivity index (χ3n) is 5.08. The second-order valence-electron chi connectivity index (χ2n) is 7.62. The Kier molecular flexibility index (Phi) is 6.75. The van der Waals surface area contributed by atoms with E-state index in [1.54, 1.807) is 10.2 Å². The zero-order chi connectivity index (χ0) is 25.4. The van der Waals surface area contributed by atoms with Crippen LogP contribution in [0.4, 0.5) is 32.2 Å². The number of halogens is 6. The predicted octanol–water partition coefficient (Wildman–Crippen LogP) is 3.33. The Bertz CT molecular complexity index is 1220. The standard InChI is InChI=1S/C19H19F6N7O2S/c1-2-3-10-8-11-13(31-5-6-32-12(9-31)29-30-15(32)18(20,21)22)27-17(28-14(11)35-10)34-7-4-26-16(33)19(23,24)25/h8H,2-7,9H2,1H3,(H,26,33). The number of amides is 1. The summed E-state index contributed by atoms with van der Waals surface area (Å²) in [7, 11) is 0. The number of carbonyl (C=O) groups excluding carboxylic acids is 1. The summed E-state index contributed by atoms with van der Waals surface area (Å²) < 4.78 is 82.9. The fourth-order valence-electron chi connectivity index (χ4n) is 3.57. The van der Waals surface area contributed by atoms with E-state index in [-0.39, 0.29) is 38.1 Å². The molecule has 4 heterocycles. The van der Waals surface area contributed by atoms with Crippen molar-refractivity contribution in [1.82, 2.24) is 30.0 Å². The van der Waals surface area contributed by atoms with Crippen LogP contribution in [-0.2, 0) is 30.5 Å². The van der Waals surface area contributed by atoms with Crippen molar-refractivity contribution in [2.24, 2.45) is 0 Å². The predicted molar refractivity (Wildman–Crippen MR) is 112 cm³/mol. The average Bonchev–Trinajstić information content (AvgIpc) is 3.38. The van der Waals surface area contributed by atoms with Gasteiger partial charge in [0.25, 0.3) is 0 Å². The van der Waals surface area contributed by atoms with Gasteiger partial charge in [-0.2, -0.15) is 36.3 Å². The number of alkyl halides is 6. The molecule has 0 bridgehead atoms. The molecule has 1 N–H and O–H groups in total. The molecule has 4 rings (SSSR count). The summed E-state index contributed by atoms with van der Waals surface area (Å²) in [6, 6.07) is 1.79. The highest BCUT2D eigenvalue weighted by Gasteiger charge is 2.40. The lowest BCUT2D eigenvalue weighted by Crippen LogP contribution is -2.38. The lowest BCUT2D eigenvalue weighted by atomic mass is 10.2. The van der Waals surface area contributed by atoms with Crippen molar-refractivity contribution < 1.29 is 35.9 Å². The second-order valence-corrected chi connectivity index (χ2v) is 8.74. The van der Waals surface area contributed by atoms with Crippen LogP contribution in [0.15, 0.2) is 6.07 Å². The third kappa shape index (κ3) is 5.41. The van der Waals surface area contributed by atoms with Gasteiger partial charge in [-0.15, -0.1) is 21.5 Å². The monoisotopic (exact) mass is 523 g/mol. The molecular formula is C19H19F6N7O2S. The van der Waals surface area contributed by atoms with Crippen LogP contribution in [0, 0.1) is 0 Å². The highest BCUT2D eigenvalue weighted by atomic mass is 32.1. The minimum absolute atomic E-state index is 0.00916. The minimum atomic E-state index is -5.00. The van der Waals surface area contributed by atoms with Gasteiger partial charge >= 0.3 is 24.3 Å². The number of hydrogen-bond donors (Lipinski definition) is 1. The third-order valence-corrected chi connectivity index (χ3v) is 6.17. The van der Waals surface area contributed by atoms with E-state index < -0.39 is 30.6 Å². The molecule has 16 heteroatoms.